The number of alkyl halides is 3. The highest BCUT2D eigenvalue weighted by Gasteiger charge is 2.41. The van der Waals surface area contributed by atoms with Gasteiger partial charge in [0, 0.05) is 12.1 Å². The normalized spacial score (nSPS) is 44.8. The smallest absolute Gasteiger partial charge is 0.115 e. The maximum absolute atomic E-state index is 6.35. The molecule has 0 amide bonds. The summed E-state index contributed by atoms with van der Waals surface area (Å²) in [6.07, 6.45) is 5.04. The van der Waals surface area contributed by atoms with Crippen LogP contribution in [0.5, 0.6) is 0 Å². The molecule has 2 rings (SSSR count). The van der Waals surface area contributed by atoms with E-state index < -0.39 is 0 Å². The minimum Gasteiger partial charge on any atom is -0.282 e. The molecule has 5 heteroatoms. The largest absolute Gasteiger partial charge is 0.282 e. The van der Waals surface area contributed by atoms with Crippen LogP contribution in [0.4, 0.5) is 0 Å². The summed E-state index contributed by atoms with van der Waals surface area (Å²) in [5, 5.41) is 3.09. The Balaban J connectivity index is 2.10. The van der Waals surface area contributed by atoms with Crippen molar-refractivity contribution in [3.05, 3.63) is 0 Å². The molecule has 2 aliphatic rings. The first-order valence-corrected chi connectivity index (χ1v) is 6.88. The Morgan fingerprint density at radius 3 is 2.27 bits per heavy atom. The van der Waals surface area contributed by atoms with Gasteiger partial charge in [0.05, 0.1) is 5.50 Å². The molecule has 1 saturated carbocycles. The maximum Gasteiger partial charge on any atom is 0.115 e. The van der Waals surface area contributed by atoms with Crippen molar-refractivity contribution >= 4 is 34.8 Å². The fourth-order valence-electron chi connectivity index (χ4n) is 2.63. The van der Waals surface area contributed by atoms with Gasteiger partial charge in [-0.2, -0.15) is 0 Å². The van der Waals surface area contributed by atoms with Gasteiger partial charge in [-0.25, -0.2) is 0 Å². The van der Waals surface area contributed by atoms with Crippen LogP contribution in [0.1, 0.15) is 32.6 Å². The molecular weight excluding hydrogens is 254 g/mol. The molecule has 2 fully saturated rings. The molecule has 1 aliphatic carbocycles. The van der Waals surface area contributed by atoms with E-state index in [1.807, 2.05) is 0 Å². The Kier molecular flexibility index (Phi) is 4.06. The summed E-state index contributed by atoms with van der Waals surface area (Å²) >= 11 is 18.7. The number of nitrogens with one attached hydrogen (secondary N) is 1. The van der Waals surface area contributed by atoms with E-state index >= 15 is 0 Å². The summed E-state index contributed by atoms with van der Waals surface area (Å²) < 4.78 is 0. The molecule has 15 heavy (non-hydrogen) atoms. The highest BCUT2D eigenvalue weighted by Crippen LogP contribution is 2.33. The van der Waals surface area contributed by atoms with E-state index in [0.29, 0.717) is 6.04 Å². The Bertz CT molecular complexity index is 204. The van der Waals surface area contributed by atoms with Crippen molar-refractivity contribution in [1.82, 2.24) is 10.2 Å². The number of halogens is 3. The average molecular weight is 272 g/mol. The van der Waals surface area contributed by atoms with E-state index in [2.05, 4.69) is 17.1 Å². The summed E-state index contributed by atoms with van der Waals surface area (Å²) in [4.78, 5) is 2.29. The van der Waals surface area contributed by atoms with Crippen LogP contribution in [0.2, 0.25) is 0 Å². The number of hydrogen-bond donors (Lipinski definition) is 1. The zero-order valence-corrected chi connectivity index (χ0v) is 11.1. The highest BCUT2D eigenvalue weighted by atomic mass is 35.5. The molecule has 0 radical (unpaired) electrons. The summed E-state index contributed by atoms with van der Waals surface area (Å²) in [5.41, 5.74) is -0.520. The molecule has 0 aromatic rings. The minimum absolute atomic E-state index is 0.108. The van der Waals surface area contributed by atoms with Crippen LogP contribution in [0.15, 0.2) is 0 Å². The number of piperazine rings is 1. The van der Waals surface area contributed by atoms with Gasteiger partial charge in [-0.3, -0.25) is 10.2 Å². The van der Waals surface area contributed by atoms with Crippen LogP contribution in [0.25, 0.3) is 0 Å². The predicted molar refractivity (Wildman–Crippen MR) is 65.6 cm³/mol. The Morgan fingerprint density at radius 1 is 1.07 bits per heavy atom. The second-order valence-corrected chi connectivity index (χ2v) is 5.86. The first kappa shape index (κ1) is 12.3. The monoisotopic (exact) mass is 270 g/mol. The third-order valence-corrected chi connectivity index (χ3v) is 4.95. The average Bonchev–Trinajstić information content (AvgIpc) is 2.69. The van der Waals surface area contributed by atoms with E-state index in [-0.39, 0.29) is 22.5 Å². The highest BCUT2D eigenvalue weighted by molar-refractivity contribution is 6.30. The summed E-state index contributed by atoms with van der Waals surface area (Å²) in [6.45, 7) is 2.11. The van der Waals surface area contributed by atoms with Gasteiger partial charge >= 0.3 is 0 Å². The molecule has 4 unspecified atom stereocenters. The van der Waals surface area contributed by atoms with Crippen molar-refractivity contribution in [2.24, 2.45) is 0 Å². The quantitative estimate of drug-likeness (QED) is 0.583. The predicted octanol–water partition coefficient (Wildman–Crippen LogP) is 2.92. The van der Waals surface area contributed by atoms with Crippen LogP contribution in [-0.4, -0.2) is 33.5 Å². The van der Waals surface area contributed by atoms with Gasteiger partial charge < -0.3 is 0 Å². The molecule has 2 nitrogen and oxygen atoms in total. The third-order valence-electron chi connectivity index (χ3n) is 3.48. The SMILES string of the molecule is CC1C(Cl)NC(Cl)C(Cl)N1C1CCCC1. The van der Waals surface area contributed by atoms with Crippen molar-refractivity contribution in [2.75, 3.05) is 0 Å². The second kappa shape index (κ2) is 4.97. The third kappa shape index (κ3) is 2.39. The Morgan fingerprint density at radius 2 is 1.67 bits per heavy atom. The molecule has 0 spiro atoms. The second-order valence-electron chi connectivity index (χ2n) is 4.47. The fraction of sp³-hybridized carbons (Fsp3) is 1.00. The van der Waals surface area contributed by atoms with Crippen LogP contribution in [0.3, 0.4) is 0 Å². The van der Waals surface area contributed by atoms with E-state index in [4.69, 9.17) is 34.8 Å². The number of nitrogens with zero attached hydrogens (tertiary/aromatic N) is 1. The van der Waals surface area contributed by atoms with Crippen molar-refractivity contribution in [3.8, 4) is 0 Å². The lowest BCUT2D eigenvalue weighted by atomic mass is 10.1. The van der Waals surface area contributed by atoms with Crippen molar-refractivity contribution < 1.29 is 0 Å². The van der Waals surface area contributed by atoms with Crippen molar-refractivity contribution in [2.45, 2.75) is 61.2 Å². The molecule has 1 saturated heterocycles. The van der Waals surface area contributed by atoms with Gasteiger partial charge in [0.15, 0.2) is 0 Å². The Labute approximate surface area is 106 Å². The van der Waals surface area contributed by atoms with E-state index in [0.717, 1.165) is 0 Å². The minimum atomic E-state index is -0.258. The molecule has 0 aromatic carbocycles. The van der Waals surface area contributed by atoms with Crippen LogP contribution < -0.4 is 5.32 Å². The van der Waals surface area contributed by atoms with Gasteiger partial charge in [0.1, 0.15) is 11.0 Å². The molecule has 88 valence electrons. The molecule has 1 heterocycles. The zero-order chi connectivity index (χ0) is 11.0. The summed E-state index contributed by atoms with van der Waals surface area (Å²) in [6, 6.07) is 0.805. The summed E-state index contributed by atoms with van der Waals surface area (Å²) in [5.74, 6) is 0. The van der Waals surface area contributed by atoms with E-state index in [1.165, 1.54) is 25.7 Å². The van der Waals surface area contributed by atoms with Crippen molar-refractivity contribution in [1.29, 1.82) is 0 Å². The topological polar surface area (TPSA) is 15.3 Å². The van der Waals surface area contributed by atoms with E-state index in [1.54, 1.807) is 0 Å². The molecule has 1 N–H and O–H groups in total. The van der Waals surface area contributed by atoms with Crippen LogP contribution in [0, 0.1) is 0 Å². The van der Waals surface area contributed by atoms with Gasteiger partial charge in [-0.1, -0.05) is 12.8 Å². The van der Waals surface area contributed by atoms with Crippen LogP contribution in [-0.2, 0) is 0 Å². The van der Waals surface area contributed by atoms with Gasteiger partial charge in [0.25, 0.3) is 0 Å². The lowest BCUT2D eigenvalue weighted by Gasteiger charge is -2.46. The number of hydrogen-bond acceptors (Lipinski definition) is 2. The summed E-state index contributed by atoms with van der Waals surface area (Å²) in [7, 11) is 0. The molecule has 1 aliphatic heterocycles. The molecule has 0 aromatic heterocycles. The van der Waals surface area contributed by atoms with Crippen molar-refractivity contribution in [3.63, 3.8) is 0 Å². The Hall–Kier alpha value is 0.790. The molecule has 4 atom stereocenters. The van der Waals surface area contributed by atoms with Crippen LogP contribution >= 0.6 is 34.8 Å². The first-order chi connectivity index (χ1) is 7.11. The molecule has 0 bridgehead atoms. The van der Waals surface area contributed by atoms with Gasteiger partial charge in [-0.05, 0) is 19.8 Å². The first-order valence-electron chi connectivity index (χ1n) is 5.57. The standard InChI is InChI=1S/C10H17Cl3N2/c1-6-8(11)14-9(12)10(13)15(6)7-4-2-3-5-7/h6-10,14H,2-5H2,1H3. The van der Waals surface area contributed by atoms with Gasteiger partial charge in [-0.15, -0.1) is 34.8 Å². The zero-order valence-electron chi connectivity index (χ0n) is 8.80. The molecular formula is C10H17Cl3N2. The lowest BCUT2D eigenvalue weighted by molar-refractivity contribution is 0.0792. The maximum atomic E-state index is 6.35. The fourth-order valence-corrected chi connectivity index (χ4v) is 3.64. The van der Waals surface area contributed by atoms with E-state index in [9.17, 15) is 0 Å². The lowest BCUT2D eigenvalue weighted by Crippen LogP contribution is -2.63. The number of rotatable bonds is 1. The van der Waals surface area contributed by atoms with Gasteiger partial charge in [0.2, 0.25) is 0 Å².